The molecule has 8 heteroatoms. The molecular weight excluding hydrogens is 342 g/mol. The van der Waals surface area contributed by atoms with Gasteiger partial charge >= 0.3 is 0 Å². The molecule has 0 atom stereocenters. The van der Waals surface area contributed by atoms with E-state index in [1.807, 2.05) is 0 Å². The largest absolute Gasteiger partial charge is 0.326 e. The van der Waals surface area contributed by atoms with Gasteiger partial charge in [0.2, 0.25) is 15.9 Å². The molecule has 0 bridgehead atoms. The topological polar surface area (TPSA) is 95.6 Å². The standard InChI is InChI=1S/C17H19N3O4S/c1-12(21)18-14-7-9-15(10-8-14)19-17(22)13-5-4-6-16(11-13)25(23,24)20(2)3/h4-11H,1-3H3,(H,18,21)(H,19,22). The lowest BCUT2D eigenvalue weighted by atomic mass is 10.2. The maximum atomic E-state index is 12.3. The Morgan fingerprint density at radius 2 is 1.48 bits per heavy atom. The second-order valence-electron chi connectivity index (χ2n) is 5.53. The van der Waals surface area contributed by atoms with Crippen LogP contribution in [0.3, 0.4) is 0 Å². The molecule has 25 heavy (non-hydrogen) atoms. The number of anilines is 2. The summed E-state index contributed by atoms with van der Waals surface area (Å²) in [6.45, 7) is 1.41. The summed E-state index contributed by atoms with van der Waals surface area (Å²) in [7, 11) is -0.751. The number of carbonyl (C=O) groups is 2. The molecule has 0 saturated carbocycles. The van der Waals surface area contributed by atoms with E-state index in [1.54, 1.807) is 24.3 Å². The van der Waals surface area contributed by atoms with E-state index in [-0.39, 0.29) is 16.4 Å². The van der Waals surface area contributed by atoms with Crippen LogP contribution in [-0.4, -0.2) is 38.6 Å². The number of carbonyl (C=O) groups excluding carboxylic acids is 2. The fraction of sp³-hybridized carbons (Fsp3) is 0.176. The summed E-state index contributed by atoms with van der Waals surface area (Å²) in [4.78, 5) is 23.4. The lowest BCUT2D eigenvalue weighted by Gasteiger charge is -2.12. The molecule has 0 aliphatic heterocycles. The molecule has 0 fully saturated rings. The third-order valence-electron chi connectivity index (χ3n) is 3.34. The van der Waals surface area contributed by atoms with E-state index in [0.717, 1.165) is 4.31 Å². The number of sulfonamides is 1. The van der Waals surface area contributed by atoms with Gasteiger partial charge in [0.25, 0.3) is 5.91 Å². The summed E-state index contributed by atoms with van der Waals surface area (Å²) in [5.74, 6) is -0.612. The molecular formula is C17H19N3O4S. The first-order chi connectivity index (χ1) is 11.7. The van der Waals surface area contributed by atoms with Crippen molar-refractivity contribution in [2.24, 2.45) is 0 Å². The molecule has 7 nitrogen and oxygen atoms in total. The second kappa shape index (κ2) is 7.45. The van der Waals surface area contributed by atoms with E-state index in [9.17, 15) is 18.0 Å². The number of nitrogens with one attached hydrogen (secondary N) is 2. The molecule has 2 aromatic rings. The van der Waals surface area contributed by atoms with Crippen LogP contribution < -0.4 is 10.6 Å². The van der Waals surface area contributed by atoms with Crippen molar-refractivity contribution in [2.45, 2.75) is 11.8 Å². The van der Waals surface area contributed by atoms with Crippen LogP contribution in [0.2, 0.25) is 0 Å². The normalized spacial score (nSPS) is 11.2. The number of hydrogen-bond donors (Lipinski definition) is 2. The Labute approximate surface area is 146 Å². The maximum Gasteiger partial charge on any atom is 0.255 e. The van der Waals surface area contributed by atoms with Gasteiger partial charge in [0.05, 0.1) is 4.90 Å². The number of hydrogen-bond acceptors (Lipinski definition) is 4. The van der Waals surface area contributed by atoms with Crippen LogP contribution in [0.5, 0.6) is 0 Å². The van der Waals surface area contributed by atoms with Crippen molar-refractivity contribution in [1.29, 1.82) is 0 Å². The zero-order valence-corrected chi connectivity index (χ0v) is 14.9. The van der Waals surface area contributed by atoms with Crippen molar-refractivity contribution in [2.75, 3.05) is 24.7 Å². The minimum absolute atomic E-state index is 0.0474. The van der Waals surface area contributed by atoms with Crippen molar-refractivity contribution in [3.8, 4) is 0 Å². The Kier molecular flexibility index (Phi) is 5.55. The molecule has 2 rings (SSSR count). The van der Waals surface area contributed by atoms with Gasteiger partial charge in [-0.25, -0.2) is 12.7 Å². The number of rotatable bonds is 5. The van der Waals surface area contributed by atoms with Crippen LogP contribution >= 0.6 is 0 Å². The fourth-order valence-corrected chi connectivity index (χ4v) is 3.00. The molecule has 0 saturated heterocycles. The van der Waals surface area contributed by atoms with Crippen molar-refractivity contribution >= 4 is 33.2 Å². The smallest absolute Gasteiger partial charge is 0.255 e. The van der Waals surface area contributed by atoms with Gasteiger partial charge in [0.1, 0.15) is 0 Å². The summed E-state index contributed by atoms with van der Waals surface area (Å²) in [6, 6.07) is 12.4. The average Bonchev–Trinajstić information content (AvgIpc) is 2.56. The van der Waals surface area contributed by atoms with Gasteiger partial charge in [-0.15, -0.1) is 0 Å². The highest BCUT2D eigenvalue weighted by atomic mass is 32.2. The van der Waals surface area contributed by atoms with Gasteiger partial charge in [-0.2, -0.15) is 0 Å². The highest BCUT2D eigenvalue weighted by Gasteiger charge is 2.18. The second-order valence-corrected chi connectivity index (χ2v) is 7.68. The summed E-state index contributed by atoms with van der Waals surface area (Å²) in [5.41, 5.74) is 1.37. The summed E-state index contributed by atoms with van der Waals surface area (Å²) < 4.78 is 25.4. The number of amides is 2. The minimum atomic E-state index is -3.61. The van der Waals surface area contributed by atoms with E-state index >= 15 is 0 Å². The molecule has 0 radical (unpaired) electrons. The molecule has 0 unspecified atom stereocenters. The van der Waals surface area contributed by atoms with Crippen LogP contribution in [0.15, 0.2) is 53.4 Å². The molecule has 0 aromatic heterocycles. The van der Waals surface area contributed by atoms with Crippen molar-refractivity contribution in [1.82, 2.24) is 4.31 Å². The van der Waals surface area contributed by atoms with Crippen LogP contribution in [0, 0.1) is 0 Å². The third-order valence-corrected chi connectivity index (χ3v) is 5.15. The van der Waals surface area contributed by atoms with E-state index in [1.165, 1.54) is 45.3 Å². The third kappa shape index (κ3) is 4.65. The highest BCUT2D eigenvalue weighted by molar-refractivity contribution is 7.89. The van der Waals surface area contributed by atoms with Crippen molar-refractivity contribution in [3.05, 3.63) is 54.1 Å². The fourth-order valence-electron chi connectivity index (χ4n) is 2.05. The first kappa shape index (κ1) is 18.6. The SMILES string of the molecule is CC(=O)Nc1ccc(NC(=O)c2cccc(S(=O)(=O)N(C)C)c2)cc1. The Hall–Kier alpha value is -2.71. The molecule has 2 N–H and O–H groups in total. The Morgan fingerprint density at radius 1 is 0.920 bits per heavy atom. The lowest BCUT2D eigenvalue weighted by Crippen LogP contribution is -2.22. The highest BCUT2D eigenvalue weighted by Crippen LogP contribution is 2.17. The quantitative estimate of drug-likeness (QED) is 0.853. The first-order valence-electron chi connectivity index (χ1n) is 7.42. The molecule has 2 amide bonds. The summed E-state index contributed by atoms with van der Waals surface area (Å²) >= 11 is 0. The van der Waals surface area contributed by atoms with Crippen molar-refractivity contribution in [3.63, 3.8) is 0 Å². The van der Waals surface area contributed by atoms with Gasteiger partial charge < -0.3 is 10.6 Å². The van der Waals surface area contributed by atoms with Gasteiger partial charge in [0.15, 0.2) is 0 Å². The summed E-state index contributed by atoms with van der Waals surface area (Å²) in [5, 5.41) is 5.32. The monoisotopic (exact) mass is 361 g/mol. The molecule has 0 spiro atoms. The van der Waals surface area contributed by atoms with E-state index in [4.69, 9.17) is 0 Å². The van der Waals surface area contributed by atoms with Gasteiger partial charge in [-0.1, -0.05) is 6.07 Å². The number of nitrogens with zero attached hydrogens (tertiary/aromatic N) is 1. The van der Waals surface area contributed by atoms with E-state index < -0.39 is 15.9 Å². The van der Waals surface area contributed by atoms with Gasteiger partial charge in [-0.3, -0.25) is 9.59 Å². The van der Waals surface area contributed by atoms with Crippen LogP contribution in [0.1, 0.15) is 17.3 Å². The Morgan fingerprint density at radius 3 is 2.00 bits per heavy atom. The van der Waals surface area contributed by atoms with Crippen LogP contribution in [0.4, 0.5) is 11.4 Å². The zero-order chi connectivity index (χ0) is 18.6. The zero-order valence-electron chi connectivity index (χ0n) is 14.1. The Balaban J connectivity index is 2.17. The predicted molar refractivity (Wildman–Crippen MR) is 96.0 cm³/mol. The number of benzene rings is 2. The first-order valence-corrected chi connectivity index (χ1v) is 8.86. The van der Waals surface area contributed by atoms with Crippen molar-refractivity contribution < 1.29 is 18.0 Å². The molecule has 0 aliphatic carbocycles. The lowest BCUT2D eigenvalue weighted by molar-refractivity contribution is -0.114. The average molecular weight is 361 g/mol. The van der Waals surface area contributed by atoms with E-state index in [0.29, 0.717) is 11.4 Å². The van der Waals surface area contributed by atoms with Crippen LogP contribution in [0.25, 0.3) is 0 Å². The molecule has 0 heterocycles. The van der Waals surface area contributed by atoms with E-state index in [2.05, 4.69) is 10.6 Å². The molecule has 2 aromatic carbocycles. The Bertz CT molecular complexity index is 890. The van der Waals surface area contributed by atoms with Gasteiger partial charge in [-0.05, 0) is 42.5 Å². The van der Waals surface area contributed by atoms with Gasteiger partial charge in [0, 0.05) is 38.0 Å². The molecule has 0 aliphatic rings. The predicted octanol–water partition coefficient (Wildman–Crippen LogP) is 2.15. The molecule has 132 valence electrons. The van der Waals surface area contributed by atoms with Crippen LogP contribution in [-0.2, 0) is 14.8 Å². The minimum Gasteiger partial charge on any atom is -0.326 e. The summed E-state index contributed by atoms with van der Waals surface area (Å²) in [6.07, 6.45) is 0. The maximum absolute atomic E-state index is 12.3.